The molecule has 9 rings (SSSR count). The van der Waals surface area contributed by atoms with Crippen molar-refractivity contribution in [2.75, 3.05) is 0 Å². The van der Waals surface area contributed by atoms with Gasteiger partial charge in [-0.1, -0.05) is 133 Å². The van der Waals surface area contributed by atoms with Crippen LogP contribution >= 0.6 is 0 Å². The maximum absolute atomic E-state index is 6.17. The Morgan fingerprint density at radius 1 is 0.326 bits per heavy atom. The highest BCUT2D eigenvalue weighted by Gasteiger charge is 2.18. The van der Waals surface area contributed by atoms with Crippen molar-refractivity contribution >= 4 is 54.1 Å². The average Bonchev–Trinajstić information content (AvgIpc) is 3.51. The molecule has 0 atom stereocenters. The van der Waals surface area contributed by atoms with Gasteiger partial charge in [-0.15, -0.1) is 0 Å². The van der Waals surface area contributed by atoms with Gasteiger partial charge < -0.3 is 4.42 Å². The Balaban J connectivity index is 1.27. The van der Waals surface area contributed by atoms with E-state index in [4.69, 9.17) is 4.42 Å². The van der Waals surface area contributed by atoms with Crippen LogP contribution in [0, 0.1) is 0 Å². The number of para-hydroxylation sites is 1. The summed E-state index contributed by atoms with van der Waals surface area (Å²) in [5, 5.41) is 11.1. The molecule has 0 N–H and O–H groups in total. The highest BCUT2D eigenvalue weighted by molar-refractivity contribution is 6.23. The van der Waals surface area contributed by atoms with Crippen molar-refractivity contribution in [3.8, 4) is 33.6 Å². The summed E-state index contributed by atoms with van der Waals surface area (Å²) in [5.74, 6) is 0.896. The largest absolute Gasteiger partial charge is 0.456 e. The van der Waals surface area contributed by atoms with Crippen LogP contribution < -0.4 is 0 Å². The molecule has 0 saturated carbocycles. The Labute approximate surface area is 249 Å². The molecule has 0 spiro atoms. The van der Waals surface area contributed by atoms with Gasteiger partial charge >= 0.3 is 0 Å². The molecular formula is C42H26O. The summed E-state index contributed by atoms with van der Waals surface area (Å²) < 4.78 is 6.17. The molecule has 9 aromatic rings. The summed E-state index contributed by atoms with van der Waals surface area (Å²) in [4.78, 5) is 0. The standard InChI is InChI=1S/C42H26O/c1-3-13-33-27(10-1)12-9-18-34(33)42-37-16-6-4-14-35(37)41(36-15-5-7-17-38(36)42)32-23-21-28-24-31(22-20-29(28)25-32)40-26-30-11-2-8-19-39(30)43-40/h1-26H. The van der Waals surface area contributed by atoms with E-state index < -0.39 is 0 Å². The predicted octanol–water partition coefficient (Wildman–Crippen LogP) is 12.0. The number of benzene rings is 8. The summed E-state index contributed by atoms with van der Waals surface area (Å²) in [6.07, 6.45) is 0. The molecule has 1 heterocycles. The second-order valence-corrected chi connectivity index (χ2v) is 11.3. The maximum Gasteiger partial charge on any atom is 0.135 e. The Morgan fingerprint density at radius 3 is 1.56 bits per heavy atom. The number of rotatable bonds is 3. The van der Waals surface area contributed by atoms with Gasteiger partial charge in [-0.2, -0.15) is 0 Å². The molecule has 0 radical (unpaired) electrons. The first kappa shape index (κ1) is 24.0. The van der Waals surface area contributed by atoms with E-state index >= 15 is 0 Å². The average molecular weight is 547 g/mol. The molecule has 1 nitrogen and oxygen atoms in total. The molecule has 200 valence electrons. The first-order valence-electron chi connectivity index (χ1n) is 14.8. The molecular weight excluding hydrogens is 520 g/mol. The van der Waals surface area contributed by atoms with Crippen LogP contribution in [0.1, 0.15) is 0 Å². The minimum atomic E-state index is 0.896. The van der Waals surface area contributed by atoms with E-state index in [1.54, 1.807) is 0 Å². The lowest BCUT2D eigenvalue weighted by Crippen LogP contribution is -1.91. The quantitative estimate of drug-likeness (QED) is 0.201. The smallest absolute Gasteiger partial charge is 0.135 e. The predicted molar refractivity (Wildman–Crippen MR) is 183 cm³/mol. The number of hydrogen-bond donors (Lipinski definition) is 0. The molecule has 0 fully saturated rings. The minimum absolute atomic E-state index is 0.896. The van der Waals surface area contributed by atoms with E-state index in [1.807, 2.05) is 18.2 Å². The lowest BCUT2D eigenvalue weighted by atomic mass is 9.84. The third-order valence-corrected chi connectivity index (χ3v) is 8.83. The third kappa shape index (κ3) is 3.79. The second-order valence-electron chi connectivity index (χ2n) is 11.3. The molecule has 0 aliphatic carbocycles. The summed E-state index contributed by atoms with van der Waals surface area (Å²) in [6, 6.07) is 56.9. The van der Waals surface area contributed by atoms with Gasteiger partial charge in [-0.05, 0) is 89.6 Å². The highest BCUT2D eigenvalue weighted by Crippen LogP contribution is 2.45. The van der Waals surface area contributed by atoms with Crippen LogP contribution in [0.5, 0.6) is 0 Å². The molecule has 1 heteroatoms. The Hall–Kier alpha value is -5.66. The van der Waals surface area contributed by atoms with Crippen LogP contribution in [0.25, 0.3) is 87.6 Å². The molecule has 0 unspecified atom stereocenters. The van der Waals surface area contributed by atoms with Crippen molar-refractivity contribution in [1.29, 1.82) is 0 Å². The van der Waals surface area contributed by atoms with E-state index in [0.717, 1.165) is 22.3 Å². The van der Waals surface area contributed by atoms with E-state index in [9.17, 15) is 0 Å². The molecule has 0 saturated heterocycles. The van der Waals surface area contributed by atoms with E-state index in [1.165, 1.54) is 65.3 Å². The first-order valence-corrected chi connectivity index (χ1v) is 14.8. The van der Waals surface area contributed by atoms with Crippen molar-refractivity contribution in [3.05, 3.63) is 158 Å². The molecule has 43 heavy (non-hydrogen) atoms. The lowest BCUT2D eigenvalue weighted by molar-refractivity contribution is 0.631. The summed E-state index contributed by atoms with van der Waals surface area (Å²) in [5.41, 5.74) is 7.07. The van der Waals surface area contributed by atoms with Crippen LogP contribution in [0.3, 0.4) is 0 Å². The fourth-order valence-electron chi connectivity index (χ4n) is 6.85. The molecule has 1 aromatic heterocycles. The van der Waals surface area contributed by atoms with E-state index in [0.29, 0.717) is 0 Å². The lowest BCUT2D eigenvalue weighted by Gasteiger charge is -2.19. The molecule has 0 aliphatic rings. The zero-order chi connectivity index (χ0) is 28.3. The molecule has 8 aromatic carbocycles. The minimum Gasteiger partial charge on any atom is -0.456 e. The topological polar surface area (TPSA) is 13.1 Å². The maximum atomic E-state index is 6.17. The van der Waals surface area contributed by atoms with Crippen LogP contribution in [0.15, 0.2) is 162 Å². The number of furan rings is 1. The van der Waals surface area contributed by atoms with E-state index in [2.05, 4.69) is 140 Å². The monoisotopic (exact) mass is 546 g/mol. The van der Waals surface area contributed by atoms with Crippen LogP contribution in [0.2, 0.25) is 0 Å². The van der Waals surface area contributed by atoms with Crippen molar-refractivity contribution in [2.24, 2.45) is 0 Å². The second kappa shape index (κ2) is 9.44. The van der Waals surface area contributed by atoms with Crippen LogP contribution in [-0.2, 0) is 0 Å². The summed E-state index contributed by atoms with van der Waals surface area (Å²) in [7, 11) is 0. The van der Waals surface area contributed by atoms with Gasteiger partial charge in [0.2, 0.25) is 0 Å². The zero-order valence-electron chi connectivity index (χ0n) is 23.4. The van der Waals surface area contributed by atoms with Crippen molar-refractivity contribution in [3.63, 3.8) is 0 Å². The molecule has 0 bridgehead atoms. The fourth-order valence-corrected chi connectivity index (χ4v) is 6.85. The Bertz CT molecular complexity index is 2420. The van der Waals surface area contributed by atoms with E-state index in [-0.39, 0.29) is 0 Å². The number of fused-ring (bicyclic) bond motifs is 5. The summed E-state index contributed by atoms with van der Waals surface area (Å²) >= 11 is 0. The normalized spacial score (nSPS) is 11.7. The van der Waals surface area contributed by atoms with Gasteiger partial charge in [0.15, 0.2) is 0 Å². The van der Waals surface area contributed by atoms with Crippen LogP contribution in [-0.4, -0.2) is 0 Å². The highest BCUT2D eigenvalue weighted by atomic mass is 16.3. The van der Waals surface area contributed by atoms with Gasteiger partial charge in [0.05, 0.1) is 0 Å². The van der Waals surface area contributed by atoms with Gasteiger partial charge in [0.25, 0.3) is 0 Å². The third-order valence-electron chi connectivity index (χ3n) is 8.83. The SMILES string of the molecule is c1ccc2oc(-c3ccc4cc(-c5c6ccccc6c(-c6cccc7ccccc67)c6ccccc56)ccc4c3)cc2c1. The molecule has 0 aliphatic heterocycles. The van der Waals surface area contributed by atoms with Crippen molar-refractivity contribution < 1.29 is 4.42 Å². The number of hydrogen-bond acceptors (Lipinski definition) is 1. The van der Waals surface area contributed by atoms with Gasteiger partial charge in [-0.25, -0.2) is 0 Å². The summed E-state index contributed by atoms with van der Waals surface area (Å²) in [6.45, 7) is 0. The first-order chi connectivity index (χ1) is 21.3. The van der Waals surface area contributed by atoms with Crippen molar-refractivity contribution in [1.82, 2.24) is 0 Å². The Morgan fingerprint density at radius 2 is 0.860 bits per heavy atom. The molecule has 0 amide bonds. The Kier molecular flexibility index (Phi) is 5.27. The van der Waals surface area contributed by atoms with Gasteiger partial charge in [-0.3, -0.25) is 0 Å². The zero-order valence-corrected chi connectivity index (χ0v) is 23.4. The van der Waals surface area contributed by atoms with Gasteiger partial charge in [0.1, 0.15) is 11.3 Å². The van der Waals surface area contributed by atoms with Gasteiger partial charge in [0, 0.05) is 10.9 Å². The van der Waals surface area contributed by atoms with Crippen LogP contribution in [0.4, 0.5) is 0 Å². The van der Waals surface area contributed by atoms with Crippen molar-refractivity contribution in [2.45, 2.75) is 0 Å². The fraction of sp³-hybridized carbons (Fsp3) is 0.